The van der Waals surface area contributed by atoms with Crippen LogP contribution >= 0.6 is 12.4 Å². The molecule has 1 aromatic carbocycles. The number of hydrogen-bond acceptors (Lipinski definition) is 7. The average molecular weight is 473 g/mol. The fourth-order valence-corrected chi connectivity index (χ4v) is 3.88. The Hall–Kier alpha value is -2.94. The van der Waals surface area contributed by atoms with Crippen molar-refractivity contribution in [1.29, 1.82) is 0 Å². The fraction of sp³-hybridized carbons (Fsp3) is 0.375. The smallest absolute Gasteiger partial charge is 0.355 e. The minimum atomic E-state index is -0.989. The maximum absolute atomic E-state index is 10.8. The van der Waals surface area contributed by atoms with Gasteiger partial charge in [0, 0.05) is 30.9 Å². The molecule has 0 aliphatic carbocycles. The van der Waals surface area contributed by atoms with E-state index in [1.54, 1.807) is 24.4 Å². The van der Waals surface area contributed by atoms with Crippen LogP contribution in [0.1, 0.15) is 23.3 Å². The van der Waals surface area contributed by atoms with E-state index in [1.165, 1.54) is 6.20 Å². The number of hydrogen-bond donors (Lipinski definition) is 2. The van der Waals surface area contributed by atoms with Gasteiger partial charge in [0.15, 0.2) is 5.69 Å². The Morgan fingerprint density at radius 1 is 1.03 bits per heavy atom. The van der Waals surface area contributed by atoms with Crippen LogP contribution in [0.5, 0.6) is 5.88 Å². The van der Waals surface area contributed by atoms with E-state index in [-0.39, 0.29) is 24.2 Å². The van der Waals surface area contributed by atoms with Gasteiger partial charge in [-0.05, 0) is 49.5 Å². The van der Waals surface area contributed by atoms with Gasteiger partial charge in [-0.1, -0.05) is 24.3 Å². The summed E-state index contributed by atoms with van der Waals surface area (Å²) in [4.78, 5) is 21.3. The zero-order valence-electron chi connectivity index (χ0n) is 18.4. The van der Waals surface area contributed by atoms with Gasteiger partial charge < -0.3 is 24.8 Å². The molecule has 8 nitrogen and oxygen atoms in total. The number of piperidine rings is 1. The molecule has 2 N–H and O–H groups in total. The monoisotopic (exact) mass is 472 g/mol. The summed E-state index contributed by atoms with van der Waals surface area (Å²) in [6, 6.07) is 13.1. The molecule has 4 heterocycles. The minimum absolute atomic E-state index is 0. The van der Waals surface area contributed by atoms with Crippen LogP contribution in [0.4, 0.5) is 5.69 Å². The molecule has 9 heteroatoms. The van der Waals surface area contributed by atoms with Gasteiger partial charge in [-0.25, -0.2) is 14.8 Å². The molecule has 0 bridgehead atoms. The second-order valence-corrected chi connectivity index (χ2v) is 7.68. The van der Waals surface area contributed by atoms with Gasteiger partial charge in [-0.2, -0.15) is 0 Å². The van der Waals surface area contributed by atoms with Crippen LogP contribution in [0, 0.1) is 0 Å². The largest absolute Gasteiger partial charge is 0.476 e. The minimum Gasteiger partial charge on any atom is -0.476 e. The number of anilines is 1. The highest BCUT2D eigenvalue weighted by Gasteiger charge is 2.20. The number of fused-ring (bicyclic) bond motifs is 1. The Labute approximate surface area is 199 Å². The Kier molecular flexibility index (Phi) is 9.24. The summed E-state index contributed by atoms with van der Waals surface area (Å²) in [6.07, 6.45) is 5.71. The van der Waals surface area contributed by atoms with Gasteiger partial charge in [0.25, 0.3) is 0 Å². The molecule has 0 spiro atoms. The molecule has 0 amide bonds. The average Bonchev–Trinajstić information content (AvgIpc) is 2.85. The zero-order valence-corrected chi connectivity index (χ0v) is 19.2. The predicted molar refractivity (Wildman–Crippen MR) is 130 cm³/mol. The maximum atomic E-state index is 10.8. The van der Waals surface area contributed by atoms with Crippen LogP contribution in [0.15, 0.2) is 54.9 Å². The number of carbonyl (C=O) groups is 1. The van der Waals surface area contributed by atoms with Crippen molar-refractivity contribution < 1.29 is 19.4 Å². The van der Waals surface area contributed by atoms with Gasteiger partial charge >= 0.3 is 5.97 Å². The molecule has 3 aromatic rings. The van der Waals surface area contributed by atoms with Gasteiger partial charge in [0.05, 0.1) is 13.2 Å². The molecule has 0 atom stereocenters. The number of rotatable bonds is 4. The van der Waals surface area contributed by atoms with E-state index in [0.29, 0.717) is 5.39 Å². The summed E-state index contributed by atoms with van der Waals surface area (Å²) in [6.45, 7) is 5.45. The second-order valence-electron chi connectivity index (χ2n) is 7.68. The van der Waals surface area contributed by atoms with Crippen molar-refractivity contribution >= 4 is 34.8 Å². The fourth-order valence-electron chi connectivity index (χ4n) is 3.88. The van der Waals surface area contributed by atoms with Crippen molar-refractivity contribution in [3.8, 4) is 5.88 Å². The molecular formula is C24H29ClN4O4. The van der Waals surface area contributed by atoms with E-state index < -0.39 is 5.97 Å². The van der Waals surface area contributed by atoms with E-state index in [9.17, 15) is 4.79 Å². The zero-order chi connectivity index (χ0) is 22.2. The normalized spacial score (nSPS) is 16.3. The first-order chi connectivity index (χ1) is 15.7. The van der Waals surface area contributed by atoms with E-state index in [0.717, 1.165) is 69.2 Å². The number of nitrogens with zero attached hydrogens (tertiary/aromatic N) is 3. The summed E-state index contributed by atoms with van der Waals surface area (Å²) < 4.78 is 11.5. The summed E-state index contributed by atoms with van der Waals surface area (Å²) >= 11 is 0. The van der Waals surface area contributed by atoms with Gasteiger partial charge in [0.1, 0.15) is 11.8 Å². The van der Waals surface area contributed by atoms with Crippen LogP contribution in [-0.4, -0.2) is 66.5 Å². The Bertz CT molecular complexity index is 1030. The SMILES string of the molecule is Cl.O=C(O)c1nccc2ccccc12.c1cnc(OC2CCNCC2)c(N2CCOCC2)c1. The first kappa shape index (κ1) is 24.7. The molecule has 0 saturated carbocycles. The molecule has 2 aliphatic rings. The molecule has 33 heavy (non-hydrogen) atoms. The van der Waals surface area contributed by atoms with E-state index in [4.69, 9.17) is 14.6 Å². The second kappa shape index (κ2) is 12.3. The highest BCUT2D eigenvalue weighted by Crippen LogP contribution is 2.28. The highest BCUT2D eigenvalue weighted by atomic mass is 35.5. The van der Waals surface area contributed by atoms with Crippen molar-refractivity contribution in [2.24, 2.45) is 0 Å². The number of pyridine rings is 2. The van der Waals surface area contributed by atoms with Crippen molar-refractivity contribution in [2.45, 2.75) is 18.9 Å². The van der Waals surface area contributed by atoms with Crippen LogP contribution in [0.25, 0.3) is 10.8 Å². The third-order valence-corrected chi connectivity index (χ3v) is 5.54. The van der Waals surface area contributed by atoms with Crippen LogP contribution in [0.2, 0.25) is 0 Å². The third kappa shape index (κ3) is 6.54. The molecule has 0 unspecified atom stereocenters. The lowest BCUT2D eigenvalue weighted by Crippen LogP contribution is -2.37. The number of halogens is 1. The number of carboxylic acids is 1. The van der Waals surface area contributed by atoms with Crippen molar-refractivity contribution in [3.63, 3.8) is 0 Å². The number of aromatic carboxylic acids is 1. The van der Waals surface area contributed by atoms with Crippen LogP contribution in [-0.2, 0) is 4.74 Å². The van der Waals surface area contributed by atoms with Gasteiger partial charge in [-0.3, -0.25) is 0 Å². The van der Waals surface area contributed by atoms with E-state index >= 15 is 0 Å². The van der Waals surface area contributed by atoms with Crippen molar-refractivity contribution in [1.82, 2.24) is 15.3 Å². The lowest BCUT2D eigenvalue weighted by molar-refractivity contribution is 0.0693. The predicted octanol–water partition coefficient (Wildman–Crippen LogP) is 3.40. The van der Waals surface area contributed by atoms with Crippen molar-refractivity contribution in [2.75, 3.05) is 44.3 Å². The number of carboxylic acid groups (broad SMARTS) is 1. The van der Waals surface area contributed by atoms with Gasteiger partial charge in [-0.15, -0.1) is 12.4 Å². The molecule has 5 rings (SSSR count). The molecule has 0 radical (unpaired) electrons. The third-order valence-electron chi connectivity index (χ3n) is 5.54. The van der Waals surface area contributed by atoms with Crippen molar-refractivity contribution in [3.05, 3.63) is 60.6 Å². The molecule has 2 aliphatic heterocycles. The molecule has 2 aromatic heterocycles. The quantitative estimate of drug-likeness (QED) is 0.596. The molecule has 2 saturated heterocycles. The standard InChI is InChI=1S/C14H21N3O2.C10H7NO2.ClH/c1-2-13(17-8-10-18-11-9-17)14(16-5-1)19-12-3-6-15-7-4-12;12-10(13)9-8-4-2-1-3-7(8)5-6-11-9;/h1-2,5,12,15H,3-4,6-11H2;1-6H,(H,12,13);1H. The number of benzene rings is 1. The number of ether oxygens (including phenoxy) is 2. The first-order valence-electron chi connectivity index (χ1n) is 10.9. The summed E-state index contributed by atoms with van der Waals surface area (Å²) in [5.41, 5.74) is 1.21. The number of aromatic nitrogens is 2. The highest BCUT2D eigenvalue weighted by molar-refractivity contribution is 6.01. The lowest BCUT2D eigenvalue weighted by atomic mass is 10.1. The summed E-state index contributed by atoms with van der Waals surface area (Å²) in [7, 11) is 0. The maximum Gasteiger partial charge on any atom is 0.355 e. The molecule has 176 valence electrons. The summed E-state index contributed by atoms with van der Waals surface area (Å²) in [5, 5.41) is 13.7. The van der Waals surface area contributed by atoms with E-state index in [1.807, 2.05) is 18.2 Å². The number of morpholine rings is 1. The topological polar surface area (TPSA) is 96.8 Å². The van der Waals surface area contributed by atoms with Crippen LogP contribution in [0.3, 0.4) is 0 Å². The Morgan fingerprint density at radius 2 is 1.79 bits per heavy atom. The Morgan fingerprint density at radius 3 is 2.55 bits per heavy atom. The Balaban J connectivity index is 0.000000192. The van der Waals surface area contributed by atoms with E-state index in [2.05, 4.69) is 26.3 Å². The first-order valence-corrected chi connectivity index (χ1v) is 10.9. The van der Waals surface area contributed by atoms with Gasteiger partial charge in [0.2, 0.25) is 5.88 Å². The molecule has 2 fully saturated rings. The lowest BCUT2D eigenvalue weighted by Gasteiger charge is -2.31. The molecular weight excluding hydrogens is 444 g/mol. The number of nitrogens with one attached hydrogen (secondary N) is 1. The van der Waals surface area contributed by atoms with Crippen LogP contribution < -0.4 is 15.0 Å². The summed E-state index contributed by atoms with van der Waals surface area (Å²) in [5.74, 6) is -0.215.